The molecule has 1 saturated carbocycles. The summed E-state index contributed by atoms with van der Waals surface area (Å²) < 4.78 is 0. The van der Waals surface area contributed by atoms with E-state index in [1.165, 1.54) is 12.8 Å². The molecule has 1 aromatic rings. The third kappa shape index (κ3) is 3.36. The maximum Gasteiger partial charge on any atom is 0.253 e. The lowest BCUT2D eigenvalue weighted by Gasteiger charge is -2.25. The lowest BCUT2D eigenvalue weighted by molar-refractivity contribution is 0.0727. The van der Waals surface area contributed by atoms with E-state index in [0.717, 1.165) is 5.56 Å². The quantitative estimate of drug-likeness (QED) is 0.839. The normalized spacial score (nSPS) is 15.3. The maximum absolute atomic E-state index is 12.4. The molecule has 2 N–H and O–H groups in total. The van der Waals surface area contributed by atoms with Crippen LogP contribution in [0.25, 0.3) is 0 Å². The van der Waals surface area contributed by atoms with Crippen LogP contribution in [0, 0.1) is 17.8 Å². The number of hydrogen-bond acceptors (Lipinski definition) is 2. The van der Waals surface area contributed by atoms with Crippen LogP contribution in [0.5, 0.6) is 0 Å². The SMILES string of the molecule is CC(C1CC1)N(C)C(=O)c1cccc(C#CCN)c1. The van der Waals surface area contributed by atoms with Gasteiger partial charge in [0.2, 0.25) is 0 Å². The van der Waals surface area contributed by atoms with Crippen LogP contribution < -0.4 is 5.73 Å². The predicted octanol–water partition coefficient (Wildman–Crippen LogP) is 1.87. The summed E-state index contributed by atoms with van der Waals surface area (Å²) in [6.45, 7) is 2.45. The van der Waals surface area contributed by atoms with E-state index >= 15 is 0 Å². The molecule has 0 aromatic heterocycles. The molecular weight excluding hydrogens is 236 g/mol. The van der Waals surface area contributed by atoms with Gasteiger partial charge in [0.25, 0.3) is 5.91 Å². The standard InChI is InChI=1S/C16H20N2O/c1-12(14-8-9-14)18(2)16(19)15-7-3-5-13(11-15)6-4-10-17/h3,5,7,11-12,14H,8-10,17H2,1-2H3. The molecule has 3 heteroatoms. The van der Waals surface area contributed by atoms with Gasteiger partial charge in [0.05, 0.1) is 6.54 Å². The van der Waals surface area contributed by atoms with E-state index in [-0.39, 0.29) is 5.91 Å². The fourth-order valence-corrected chi connectivity index (χ4v) is 2.17. The van der Waals surface area contributed by atoms with Crippen molar-refractivity contribution in [3.63, 3.8) is 0 Å². The van der Waals surface area contributed by atoms with Gasteiger partial charge >= 0.3 is 0 Å². The van der Waals surface area contributed by atoms with Crippen LogP contribution >= 0.6 is 0 Å². The van der Waals surface area contributed by atoms with Gasteiger partial charge in [0.1, 0.15) is 0 Å². The third-order valence-electron chi connectivity index (χ3n) is 3.68. The van der Waals surface area contributed by atoms with Crippen LogP contribution in [0.4, 0.5) is 0 Å². The van der Waals surface area contributed by atoms with Gasteiger partial charge < -0.3 is 10.6 Å². The Morgan fingerprint density at radius 2 is 2.26 bits per heavy atom. The van der Waals surface area contributed by atoms with Gasteiger partial charge in [-0.15, -0.1) is 0 Å². The van der Waals surface area contributed by atoms with Crippen molar-refractivity contribution < 1.29 is 4.79 Å². The second-order valence-electron chi connectivity index (χ2n) is 5.08. The Kier molecular flexibility index (Phi) is 4.24. The molecule has 1 unspecified atom stereocenters. The summed E-state index contributed by atoms with van der Waals surface area (Å²) in [5, 5.41) is 0. The Hall–Kier alpha value is -1.79. The zero-order valence-electron chi connectivity index (χ0n) is 11.5. The molecule has 3 nitrogen and oxygen atoms in total. The number of carbonyl (C=O) groups is 1. The molecular formula is C16H20N2O. The molecule has 100 valence electrons. The van der Waals surface area contributed by atoms with E-state index in [9.17, 15) is 4.79 Å². The Morgan fingerprint density at radius 3 is 2.89 bits per heavy atom. The minimum absolute atomic E-state index is 0.0656. The molecule has 2 rings (SSSR count). The number of benzene rings is 1. The number of amides is 1. The van der Waals surface area contributed by atoms with Gasteiger partial charge in [-0.3, -0.25) is 4.79 Å². The Labute approximate surface area is 114 Å². The molecule has 1 aliphatic rings. The van der Waals surface area contributed by atoms with Gasteiger partial charge in [-0.1, -0.05) is 17.9 Å². The van der Waals surface area contributed by atoms with E-state index in [4.69, 9.17) is 5.73 Å². The topological polar surface area (TPSA) is 46.3 Å². The monoisotopic (exact) mass is 256 g/mol. The van der Waals surface area contributed by atoms with Crippen LogP contribution in [-0.2, 0) is 0 Å². The van der Waals surface area contributed by atoms with Crippen LogP contribution in [0.15, 0.2) is 24.3 Å². The first kappa shape index (κ1) is 13.6. The van der Waals surface area contributed by atoms with E-state index in [2.05, 4.69) is 18.8 Å². The summed E-state index contributed by atoms with van der Waals surface area (Å²) in [4.78, 5) is 14.2. The summed E-state index contributed by atoms with van der Waals surface area (Å²) in [7, 11) is 1.88. The highest BCUT2D eigenvalue weighted by Crippen LogP contribution is 2.35. The van der Waals surface area contributed by atoms with E-state index in [1.54, 1.807) is 0 Å². The third-order valence-corrected chi connectivity index (χ3v) is 3.68. The minimum Gasteiger partial charge on any atom is -0.339 e. The van der Waals surface area contributed by atoms with Crippen LogP contribution in [0.1, 0.15) is 35.7 Å². The summed E-state index contributed by atoms with van der Waals surface area (Å²) in [6.07, 6.45) is 2.47. The fraction of sp³-hybridized carbons (Fsp3) is 0.438. The van der Waals surface area contributed by atoms with Crippen molar-refractivity contribution >= 4 is 5.91 Å². The molecule has 1 amide bonds. The molecule has 0 heterocycles. The van der Waals surface area contributed by atoms with E-state index < -0.39 is 0 Å². The van der Waals surface area contributed by atoms with Crippen molar-refractivity contribution in [2.45, 2.75) is 25.8 Å². The van der Waals surface area contributed by atoms with Crippen molar-refractivity contribution in [1.29, 1.82) is 0 Å². The lowest BCUT2D eigenvalue weighted by atomic mass is 10.1. The smallest absolute Gasteiger partial charge is 0.253 e. The minimum atomic E-state index is 0.0656. The highest BCUT2D eigenvalue weighted by Gasteiger charge is 2.32. The summed E-state index contributed by atoms with van der Waals surface area (Å²) in [6, 6.07) is 7.74. The number of hydrogen-bond donors (Lipinski definition) is 1. The average molecular weight is 256 g/mol. The molecule has 0 saturated heterocycles. The first-order chi connectivity index (χ1) is 9.13. The summed E-state index contributed by atoms with van der Waals surface area (Å²) in [5.74, 6) is 6.50. The molecule has 19 heavy (non-hydrogen) atoms. The van der Waals surface area contributed by atoms with E-state index in [1.807, 2.05) is 36.2 Å². The highest BCUT2D eigenvalue weighted by atomic mass is 16.2. The van der Waals surface area contributed by atoms with Crippen molar-refractivity contribution in [2.24, 2.45) is 11.7 Å². The Balaban J connectivity index is 2.13. The van der Waals surface area contributed by atoms with E-state index in [0.29, 0.717) is 24.1 Å². The Morgan fingerprint density at radius 1 is 1.53 bits per heavy atom. The fourth-order valence-electron chi connectivity index (χ4n) is 2.17. The van der Waals surface area contributed by atoms with Crippen molar-refractivity contribution in [2.75, 3.05) is 13.6 Å². The Bertz CT molecular complexity index is 523. The van der Waals surface area contributed by atoms with Gasteiger partial charge in [-0.2, -0.15) is 0 Å². The second-order valence-corrected chi connectivity index (χ2v) is 5.08. The zero-order valence-corrected chi connectivity index (χ0v) is 11.5. The molecule has 0 aliphatic heterocycles. The lowest BCUT2D eigenvalue weighted by Crippen LogP contribution is -2.36. The predicted molar refractivity (Wildman–Crippen MR) is 76.7 cm³/mol. The van der Waals surface area contributed by atoms with Gasteiger partial charge in [0.15, 0.2) is 0 Å². The number of nitrogens with two attached hydrogens (primary N) is 1. The van der Waals surface area contributed by atoms with Gasteiger partial charge in [-0.05, 0) is 43.9 Å². The largest absolute Gasteiger partial charge is 0.339 e. The van der Waals surface area contributed by atoms with Crippen LogP contribution in [-0.4, -0.2) is 30.4 Å². The van der Waals surface area contributed by atoms with Crippen molar-refractivity contribution in [3.8, 4) is 11.8 Å². The summed E-state index contributed by atoms with van der Waals surface area (Å²) in [5.41, 5.74) is 6.88. The molecule has 1 aliphatic carbocycles. The molecule has 1 atom stereocenters. The first-order valence-corrected chi connectivity index (χ1v) is 6.69. The highest BCUT2D eigenvalue weighted by molar-refractivity contribution is 5.94. The van der Waals surface area contributed by atoms with Crippen molar-refractivity contribution in [3.05, 3.63) is 35.4 Å². The maximum atomic E-state index is 12.4. The summed E-state index contributed by atoms with van der Waals surface area (Å²) >= 11 is 0. The first-order valence-electron chi connectivity index (χ1n) is 6.69. The molecule has 0 spiro atoms. The second kappa shape index (κ2) is 5.90. The van der Waals surface area contributed by atoms with Crippen LogP contribution in [0.2, 0.25) is 0 Å². The van der Waals surface area contributed by atoms with Gasteiger partial charge in [-0.25, -0.2) is 0 Å². The zero-order chi connectivity index (χ0) is 13.8. The van der Waals surface area contributed by atoms with Crippen molar-refractivity contribution in [1.82, 2.24) is 4.90 Å². The van der Waals surface area contributed by atoms with Gasteiger partial charge in [0, 0.05) is 24.2 Å². The molecule has 1 aromatic carbocycles. The number of nitrogens with zero attached hydrogens (tertiary/aromatic N) is 1. The average Bonchev–Trinajstić information content (AvgIpc) is 3.27. The molecule has 1 fully saturated rings. The molecule has 0 radical (unpaired) electrons. The number of rotatable bonds is 3. The number of carbonyl (C=O) groups excluding carboxylic acids is 1. The molecule has 0 bridgehead atoms. The van der Waals surface area contributed by atoms with Crippen LogP contribution in [0.3, 0.4) is 0 Å².